The predicted molar refractivity (Wildman–Crippen MR) is 115 cm³/mol. The Kier molecular flexibility index (Phi) is 4.75. The number of hydrogen-bond donors (Lipinski definition) is 4. The van der Waals surface area contributed by atoms with Gasteiger partial charge in [0.05, 0.1) is 6.20 Å². The minimum absolute atomic E-state index is 0.233. The second-order valence-electron chi connectivity index (χ2n) is 9.45. The molecule has 5 N–H and O–H groups in total. The second kappa shape index (κ2) is 7.44. The number of rotatable bonds is 6. The summed E-state index contributed by atoms with van der Waals surface area (Å²) in [5, 5.41) is 26.1. The second-order valence-corrected chi connectivity index (χ2v) is 9.45. The molecule has 156 valence electrons. The van der Waals surface area contributed by atoms with E-state index in [1.807, 2.05) is 12.1 Å². The van der Waals surface area contributed by atoms with Crippen molar-refractivity contribution in [1.82, 2.24) is 9.97 Å². The summed E-state index contributed by atoms with van der Waals surface area (Å²) >= 11 is 0. The van der Waals surface area contributed by atoms with Crippen LogP contribution in [0.3, 0.4) is 0 Å². The molecular formula is C23H28N6O. The third-order valence-electron chi connectivity index (χ3n) is 7.44. The molecule has 3 unspecified atom stereocenters. The molecule has 1 aromatic carbocycles. The number of phenols is 1. The molecule has 0 radical (unpaired) electrons. The van der Waals surface area contributed by atoms with E-state index in [0.717, 1.165) is 18.0 Å². The summed E-state index contributed by atoms with van der Waals surface area (Å²) in [6, 6.07) is 9.73. The number of hydrogen-bond acceptors (Lipinski definition) is 7. The molecule has 1 aromatic heterocycles. The van der Waals surface area contributed by atoms with Crippen LogP contribution in [0.2, 0.25) is 0 Å². The maximum Gasteiger partial charge on any atom is 0.224 e. The summed E-state index contributed by atoms with van der Waals surface area (Å²) in [4.78, 5) is 8.81. The fourth-order valence-electron chi connectivity index (χ4n) is 6.24. The summed E-state index contributed by atoms with van der Waals surface area (Å²) in [5.74, 6) is 3.35. The Morgan fingerprint density at radius 2 is 1.93 bits per heavy atom. The number of nitrogens with one attached hydrogen (secondary N) is 2. The van der Waals surface area contributed by atoms with Gasteiger partial charge in [0, 0.05) is 24.7 Å². The maximum atomic E-state index is 9.93. The zero-order valence-electron chi connectivity index (χ0n) is 17.0. The molecule has 4 bridgehead atoms. The van der Waals surface area contributed by atoms with Gasteiger partial charge in [0.15, 0.2) is 0 Å². The van der Waals surface area contributed by atoms with Gasteiger partial charge in [-0.3, -0.25) is 0 Å². The van der Waals surface area contributed by atoms with Gasteiger partial charge in [-0.2, -0.15) is 10.2 Å². The van der Waals surface area contributed by atoms with Crippen molar-refractivity contribution in [2.45, 2.75) is 44.7 Å². The van der Waals surface area contributed by atoms with E-state index in [4.69, 9.17) is 5.73 Å². The third-order valence-corrected chi connectivity index (χ3v) is 7.44. The number of aromatic nitrogens is 2. The van der Waals surface area contributed by atoms with Crippen LogP contribution in [0.5, 0.6) is 5.75 Å². The van der Waals surface area contributed by atoms with E-state index in [0.29, 0.717) is 41.8 Å². The highest BCUT2D eigenvalue weighted by Gasteiger charge is 2.54. The van der Waals surface area contributed by atoms with Gasteiger partial charge < -0.3 is 21.5 Å². The van der Waals surface area contributed by atoms with Gasteiger partial charge in [0.25, 0.3) is 0 Å². The Bertz CT molecular complexity index is 970. The molecule has 7 heteroatoms. The molecule has 4 aliphatic carbocycles. The highest BCUT2D eigenvalue weighted by Crippen LogP contribution is 2.59. The van der Waals surface area contributed by atoms with Gasteiger partial charge in [-0.25, -0.2) is 4.98 Å². The number of benzene rings is 1. The molecule has 6 rings (SSSR count). The molecule has 5 atom stereocenters. The largest absolute Gasteiger partial charge is 0.508 e. The topological polar surface area (TPSA) is 120 Å². The Morgan fingerprint density at radius 1 is 1.17 bits per heavy atom. The van der Waals surface area contributed by atoms with Gasteiger partial charge in [-0.15, -0.1) is 0 Å². The number of para-hydroxylation sites is 1. The molecule has 0 saturated heterocycles. The van der Waals surface area contributed by atoms with Crippen LogP contribution in [0.4, 0.5) is 11.8 Å². The van der Waals surface area contributed by atoms with Crippen molar-refractivity contribution < 1.29 is 5.11 Å². The smallest absolute Gasteiger partial charge is 0.224 e. The van der Waals surface area contributed by atoms with Crippen LogP contribution < -0.4 is 16.4 Å². The predicted octanol–water partition coefficient (Wildman–Crippen LogP) is 3.23. The van der Waals surface area contributed by atoms with Gasteiger partial charge >= 0.3 is 0 Å². The van der Waals surface area contributed by atoms with Crippen LogP contribution >= 0.6 is 0 Å². The van der Waals surface area contributed by atoms with Crippen LogP contribution in [-0.2, 0) is 6.54 Å². The normalized spacial score (nSPS) is 31.3. The van der Waals surface area contributed by atoms with E-state index in [1.165, 1.54) is 32.1 Å². The van der Waals surface area contributed by atoms with E-state index in [9.17, 15) is 10.4 Å². The van der Waals surface area contributed by atoms with E-state index in [2.05, 4.69) is 26.7 Å². The lowest BCUT2D eigenvalue weighted by Crippen LogP contribution is -2.58. The lowest BCUT2D eigenvalue weighted by atomic mass is 9.48. The number of phenolic OH excluding ortho intramolecular Hbond substituents is 1. The summed E-state index contributed by atoms with van der Waals surface area (Å²) in [6.45, 7) is 1.23. The maximum absolute atomic E-state index is 9.93. The lowest BCUT2D eigenvalue weighted by molar-refractivity contribution is -0.0591. The Morgan fingerprint density at radius 3 is 2.67 bits per heavy atom. The summed E-state index contributed by atoms with van der Waals surface area (Å²) < 4.78 is 0. The van der Waals surface area contributed by atoms with Crippen molar-refractivity contribution in [2.75, 3.05) is 17.2 Å². The van der Waals surface area contributed by atoms with Gasteiger partial charge in [0.1, 0.15) is 23.2 Å². The Balaban J connectivity index is 1.29. The quantitative estimate of drug-likeness (QED) is 0.583. The number of nitriles is 1. The Hall–Kier alpha value is -2.85. The fraction of sp³-hybridized carbons (Fsp3) is 0.522. The molecule has 7 nitrogen and oxygen atoms in total. The third kappa shape index (κ3) is 3.46. The molecule has 4 saturated carbocycles. The van der Waals surface area contributed by atoms with E-state index >= 15 is 0 Å². The monoisotopic (exact) mass is 404 g/mol. The van der Waals surface area contributed by atoms with E-state index in [1.54, 1.807) is 18.3 Å². The number of nitrogens with two attached hydrogens (primary N) is 1. The number of anilines is 2. The van der Waals surface area contributed by atoms with Gasteiger partial charge in [0.2, 0.25) is 5.95 Å². The van der Waals surface area contributed by atoms with Gasteiger partial charge in [-0.05, 0) is 61.3 Å². The summed E-state index contributed by atoms with van der Waals surface area (Å²) in [5.41, 5.74) is 7.97. The first kappa shape index (κ1) is 19.1. The van der Waals surface area contributed by atoms with E-state index < -0.39 is 0 Å². The van der Waals surface area contributed by atoms with Crippen LogP contribution in [0, 0.1) is 34.5 Å². The molecule has 4 fully saturated rings. The zero-order valence-corrected chi connectivity index (χ0v) is 17.0. The van der Waals surface area contributed by atoms with Crippen molar-refractivity contribution in [1.29, 1.82) is 5.26 Å². The highest BCUT2D eigenvalue weighted by molar-refractivity contribution is 5.53. The number of nitrogens with zero attached hydrogens (tertiary/aromatic N) is 3. The molecule has 30 heavy (non-hydrogen) atoms. The first-order valence-corrected chi connectivity index (χ1v) is 10.8. The van der Waals surface area contributed by atoms with Crippen LogP contribution in [-0.4, -0.2) is 27.7 Å². The molecule has 0 aliphatic heterocycles. The zero-order chi connectivity index (χ0) is 20.7. The highest BCUT2D eigenvalue weighted by atomic mass is 16.3. The summed E-state index contributed by atoms with van der Waals surface area (Å²) in [6.07, 6.45) is 7.75. The van der Waals surface area contributed by atoms with Crippen LogP contribution in [0.15, 0.2) is 30.5 Å². The molecule has 2 aromatic rings. The van der Waals surface area contributed by atoms with Crippen molar-refractivity contribution in [2.24, 2.45) is 28.9 Å². The van der Waals surface area contributed by atoms with E-state index in [-0.39, 0.29) is 11.2 Å². The fourth-order valence-corrected chi connectivity index (χ4v) is 6.24. The molecule has 0 amide bonds. The summed E-state index contributed by atoms with van der Waals surface area (Å²) in [7, 11) is 0. The van der Waals surface area contributed by atoms with Gasteiger partial charge in [-0.1, -0.05) is 18.2 Å². The van der Waals surface area contributed by atoms with Crippen molar-refractivity contribution in [3.8, 4) is 11.8 Å². The minimum Gasteiger partial charge on any atom is -0.508 e. The number of aromatic hydroxyl groups is 1. The van der Waals surface area contributed by atoms with Crippen molar-refractivity contribution >= 4 is 11.8 Å². The first-order valence-electron chi connectivity index (χ1n) is 10.8. The molecule has 1 heterocycles. The molecule has 0 spiro atoms. The van der Waals surface area contributed by atoms with Crippen LogP contribution in [0.25, 0.3) is 0 Å². The molecule has 4 aliphatic rings. The van der Waals surface area contributed by atoms with Crippen molar-refractivity contribution in [3.05, 3.63) is 41.6 Å². The SMILES string of the molecule is N#Cc1cnc(NCc2ccccc2O)nc1NCC12CC3C[C@H](C1)C(N)[C@@H](C3)C2. The minimum atomic E-state index is 0.233. The average Bonchev–Trinajstić information content (AvgIpc) is 2.75. The standard InChI is InChI=1S/C23H28N6O/c24-10-18-12-27-22(26-11-15-3-1-2-4-19(15)30)29-21(18)28-13-23-7-14-5-16(8-23)20(25)17(6-14)9-23/h1-4,12,14,16-17,20,30H,5-9,11,13,25H2,(H2,26,27,28,29)/t14?,16-,17+,20?,23?. The van der Waals surface area contributed by atoms with Crippen LogP contribution in [0.1, 0.15) is 43.2 Å². The lowest BCUT2D eigenvalue weighted by Gasteiger charge is -2.59. The molecular weight excluding hydrogens is 376 g/mol. The first-order chi connectivity index (χ1) is 14.5. The Labute approximate surface area is 176 Å². The van der Waals surface area contributed by atoms with Crippen molar-refractivity contribution in [3.63, 3.8) is 0 Å². The average molecular weight is 405 g/mol.